The SMILES string of the molecule is CC/C=C\C/C=C\C/C=C\CCCCCC(=O)OCC(COP(=O)(O)OCC(CO)OC(=O)CCCCCCCCCCCCCCCCCCCCC)OC(=O)CCCCCCCC/C=C\C/C=C\C/C=C\CCCCC. The molecule has 452 valence electrons. The minimum atomic E-state index is -4.76. The number of carbonyl (C=O) groups is 3. The number of carbonyl (C=O) groups excluding carboxylic acids is 3. The molecule has 78 heavy (non-hydrogen) atoms. The second-order valence-corrected chi connectivity index (χ2v) is 22.7. The number of esters is 3. The zero-order chi connectivity index (χ0) is 56.9. The van der Waals surface area contributed by atoms with Gasteiger partial charge in [-0.15, -0.1) is 0 Å². The van der Waals surface area contributed by atoms with E-state index in [2.05, 4.69) is 93.7 Å². The number of aliphatic hydroxyl groups is 1. The van der Waals surface area contributed by atoms with Crippen molar-refractivity contribution in [3.05, 3.63) is 72.9 Å². The summed E-state index contributed by atoms with van der Waals surface area (Å²) in [6.07, 6.45) is 68.6. The Kier molecular flexibility index (Phi) is 57.7. The van der Waals surface area contributed by atoms with Crippen LogP contribution < -0.4 is 0 Å². The fourth-order valence-corrected chi connectivity index (χ4v) is 9.57. The third kappa shape index (κ3) is 57.6. The van der Waals surface area contributed by atoms with Gasteiger partial charge >= 0.3 is 25.7 Å². The Morgan fingerprint density at radius 1 is 0.372 bits per heavy atom. The van der Waals surface area contributed by atoms with E-state index in [-0.39, 0.29) is 25.9 Å². The third-order valence-electron chi connectivity index (χ3n) is 13.6. The van der Waals surface area contributed by atoms with Crippen LogP contribution in [0.1, 0.15) is 290 Å². The van der Waals surface area contributed by atoms with E-state index in [1.165, 1.54) is 122 Å². The molecule has 12 heteroatoms. The molecule has 0 radical (unpaired) electrons. The first kappa shape index (κ1) is 74.9. The van der Waals surface area contributed by atoms with E-state index in [1.54, 1.807) is 0 Å². The van der Waals surface area contributed by atoms with E-state index in [9.17, 15) is 28.9 Å². The minimum absolute atomic E-state index is 0.146. The molecule has 0 fully saturated rings. The quantitative estimate of drug-likeness (QED) is 0.0197. The molecule has 11 nitrogen and oxygen atoms in total. The Labute approximate surface area is 478 Å². The molecule has 3 unspecified atom stereocenters. The maximum Gasteiger partial charge on any atom is 0.472 e. The Bertz CT molecular complexity index is 1590. The molecule has 2 N–H and O–H groups in total. The van der Waals surface area contributed by atoms with Crippen LogP contribution in [0.25, 0.3) is 0 Å². The van der Waals surface area contributed by atoms with Crippen LogP contribution in [0.4, 0.5) is 0 Å². The number of phosphoric acid groups is 1. The van der Waals surface area contributed by atoms with Gasteiger partial charge in [0.15, 0.2) is 6.10 Å². The van der Waals surface area contributed by atoms with Gasteiger partial charge in [-0.1, -0.05) is 254 Å². The lowest BCUT2D eigenvalue weighted by Gasteiger charge is -2.21. The van der Waals surface area contributed by atoms with Crippen LogP contribution in [0.15, 0.2) is 72.9 Å². The fourth-order valence-electron chi connectivity index (χ4n) is 8.79. The van der Waals surface area contributed by atoms with Crippen LogP contribution in [0.5, 0.6) is 0 Å². The van der Waals surface area contributed by atoms with Gasteiger partial charge in [-0.25, -0.2) is 4.57 Å². The van der Waals surface area contributed by atoms with Gasteiger partial charge in [-0.05, 0) is 89.9 Å². The van der Waals surface area contributed by atoms with Crippen molar-refractivity contribution in [1.29, 1.82) is 0 Å². The smallest absolute Gasteiger partial charge is 0.462 e. The van der Waals surface area contributed by atoms with Crippen LogP contribution in [0.3, 0.4) is 0 Å². The summed E-state index contributed by atoms with van der Waals surface area (Å²) < 4.78 is 39.6. The molecule has 0 aliphatic carbocycles. The van der Waals surface area contributed by atoms with E-state index >= 15 is 0 Å². The van der Waals surface area contributed by atoms with Crippen molar-refractivity contribution in [3.63, 3.8) is 0 Å². The first-order valence-electron chi connectivity index (χ1n) is 31.8. The molecule has 0 aliphatic heterocycles. The van der Waals surface area contributed by atoms with Crippen LogP contribution in [-0.4, -0.2) is 66.5 Å². The summed E-state index contributed by atoms with van der Waals surface area (Å²) in [6, 6.07) is 0. The van der Waals surface area contributed by atoms with Gasteiger partial charge in [0.1, 0.15) is 12.7 Å². The third-order valence-corrected chi connectivity index (χ3v) is 14.6. The number of rotatable bonds is 59. The molecule has 0 aromatic heterocycles. The Morgan fingerprint density at radius 2 is 0.667 bits per heavy atom. The zero-order valence-corrected chi connectivity index (χ0v) is 51.0. The van der Waals surface area contributed by atoms with E-state index in [0.29, 0.717) is 19.3 Å². The van der Waals surface area contributed by atoms with Gasteiger partial charge in [-0.3, -0.25) is 23.4 Å². The maximum absolute atomic E-state index is 12.9. The number of phosphoric ester groups is 1. The molecule has 0 saturated carbocycles. The van der Waals surface area contributed by atoms with Crippen molar-refractivity contribution in [2.75, 3.05) is 26.4 Å². The average Bonchev–Trinajstić information content (AvgIpc) is 3.43. The number of hydrogen-bond donors (Lipinski definition) is 2. The van der Waals surface area contributed by atoms with Gasteiger partial charge in [0.2, 0.25) is 0 Å². The molecule has 0 rings (SSSR count). The molecular formula is C66H117O11P. The minimum Gasteiger partial charge on any atom is -0.462 e. The number of ether oxygens (including phenoxy) is 3. The first-order valence-corrected chi connectivity index (χ1v) is 33.3. The van der Waals surface area contributed by atoms with Crippen LogP contribution in [-0.2, 0) is 42.2 Å². The van der Waals surface area contributed by atoms with E-state index in [0.717, 1.165) is 109 Å². The van der Waals surface area contributed by atoms with E-state index in [4.69, 9.17) is 23.3 Å². The van der Waals surface area contributed by atoms with Crippen molar-refractivity contribution < 1.29 is 52.2 Å². The summed E-state index contributed by atoms with van der Waals surface area (Å²) in [5.41, 5.74) is 0. The zero-order valence-electron chi connectivity index (χ0n) is 50.1. The summed E-state index contributed by atoms with van der Waals surface area (Å²) in [5.74, 6) is -1.50. The van der Waals surface area contributed by atoms with Crippen molar-refractivity contribution in [1.82, 2.24) is 0 Å². The molecule has 0 aromatic rings. The molecule has 0 saturated heterocycles. The molecule has 3 atom stereocenters. The second kappa shape index (κ2) is 60.0. The molecular weight excluding hydrogens is 1000 g/mol. The Balaban J connectivity index is 4.67. The largest absolute Gasteiger partial charge is 0.472 e. The van der Waals surface area contributed by atoms with Gasteiger partial charge in [0.05, 0.1) is 19.8 Å². The lowest BCUT2D eigenvalue weighted by Crippen LogP contribution is -2.30. The van der Waals surface area contributed by atoms with Crippen molar-refractivity contribution in [2.24, 2.45) is 0 Å². The van der Waals surface area contributed by atoms with Gasteiger partial charge in [0, 0.05) is 19.3 Å². The standard InChI is InChI=1S/C66H117O11P/c1-4-7-10-13-16-19-22-25-27-29-31-33-35-38-41-44-47-50-53-56-65(69)76-62(58-67)60-74-78(71,72)75-61-63(59-73-64(68)55-52-49-46-43-40-37-24-21-18-15-12-9-6-3)77-66(70)57-54-51-48-45-42-39-36-34-32-30-28-26-23-20-17-14-11-8-5-2/h9,12,17-18,20-21,26,28,32,34,37,40,62-63,67H,4-8,10-11,13-16,19,22-25,27,29-31,33,35-36,38-39,41-61H2,1-3H3,(H,71,72)/b12-9-,20-17-,21-18-,28-26-,34-32-,40-37-. The number of hydrogen-bond acceptors (Lipinski definition) is 10. The van der Waals surface area contributed by atoms with Crippen LogP contribution in [0, 0.1) is 0 Å². The predicted octanol–water partition coefficient (Wildman–Crippen LogP) is 19.3. The highest BCUT2D eigenvalue weighted by atomic mass is 31.2. The molecule has 0 bridgehead atoms. The van der Waals surface area contributed by atoms with Crippen molar-refractivity contribution in [2.45, 2.75) is 303 Å². The number of aliphatic hydroxyl groups excluding tert-OH is 1. The second-order valence-electron chi connectivity index (χ2n) is 21.2. The van der Waals surface area contributed by atoms with Gasteiger partial charge in [0.25, 0.3) is 0 Å². The molecule has 0 aromatic carbocycles. The Hall–Kier alpha value is -3.08. The maximum atomic E-state index is 12.9. The lowest BCUT2D eigenvalue weighted by molar-refractivity contribution is -0.161. The average molecular weight is 1120 g/mol. The summed E-state index contributed by atoms with van der Waals surface area (Å²) in [7, 11) is -4.76. The molecule has 0 heterocycles. The van der Waals surface area contributed by atoms with Gasteiger partial charge < -0.3 is 24.2 Å². The lowest BCUT2D eigenvalue weighted by atomic mass is 10.0. The summed E-state index contributed by atoms with van der Waals surface area (Å²) >= 11 is 0. The highest BCUT2D eigenvalue weighted by Crippen LogP contribution is 2.43. The van der Waals surface area contributed by atoms with Crippen molar-refractivity contribution in [3.8, 4) is 0 Å². The van der Waals surface area contributed by atoms with E-state index in [1.807, 2.05) is 0 Å². The van der Waals surface area contributed by atoms with Gasteiger partial charge in [-0.2, -0.15) is 0 Å². The summed E-state index contributed by atoms with van der Waals surface area (Å²) in [6.45, 7) is 4.50. The van der Waals surface area contributed by atoms with Crippen LogP contribution >= 0.6 is 7.82 Å². The number of unbranched alkanes of at least 4 members (excludes halogenated alkanes) is 30. The molecule has 0 amide bonds. The summed E-state index contributed by atoms with van der Waals surface area (Å²) in [5, 5.41) is 9.85. The highest BCUT2D eigenvalue weighted by molar-refractivity contribution is 7.47. The first-order chi connectivity index (χ1) is 38.2. The topological polar surface area (TPSA) is 155 Å². The monoisotopic (exact) mass is 1120 g/mol. The normalized spacial score (nSPS) is 13.8. The fraction of sp³-hybridized carbons (Fsp3) is 0.773. The molecule has 0 spiro atoms. The highest BCUT2D eigenvalue weighted by Gasteiger charge is 2.28. The summed E-state index contributed by atoms with van der Waals surface area (Å²) in [4.78, 5) is 48.7. The number of allylic oxidation sites excluding steroid dienone is 12. The van der Waals surface area contributed by atoms with Crippen molar-refractivity contribution >= 4 is 25.7 Å². The van der Waals surface area contributed by atoms with Crippen LogP contribution in [0.2, 0.25) is 0 Å². The predicted molar refractivity (Wildman–Crippen MR) is 325 cm³/mol. The van der Waals surface area contributed by atoms with E-state index < -0.39 is 57.8 Å². The Morgan fingerprint density at radius 3 is 1.06 bits per heavy atom. The molecule has 0 aliphatic rings.